The number of aromatic nitrogens is 3. The quantitative estimate of drug-likeness (QED) is 0.895. The van der Waals surface area contributed by atoms with E-state index in [0.717, 1.165) is 53.8 Å². The number of amidine groups is 1. The third-order valence-electron chi connectivity index (χ3n) is 5.57. The minimum absolute atomic E-state index is 0.659. The van der Waals surface area contributed by atoms with Crippen LogP contribution in [0.15, 0.2) is 47.3 Å². The third kappa shape index (κ3) is 3.00. The van der Waals surface area contributed by atoms with Crippen molar-refractivity contribution in [2.45, 2.75) is 26.7 Å². The van der Waals surface area contributed by atoms with Crippen molar-refractivity contribution in [1.29, 1.82) is 0 Å². The highest BCUT2D eigenvalue weighted by molar-refractivity contribution is 6.00. The second-order valence-corrected chi connectivity index (χ2v) is 7.53. The van der Waals surface area contributed by atoms with E-state index in [1.54, 1.807) is 0 Å². The van der Waals surface area contributed by atoms with E-state index >= 15 is 0 Å². The maximum atomic E-state index is 4.86. The summed E-state index contributed by atoms with van der Waals surface area (Å²) >= 11 is 0. The summed E-state index contributed by atoms with van der Waals surface area (Å²) in [5, 5.41) is 8.16. The maximum Gasteiger partial charge on any atom is 0.133 e. The second-order valence-electron chi connectivity index (χ2n) is 7.53. The molecule has 0 atom stereocenters. The van der Waals surface area contributed by atoms with E-state index in [1.807, 2.05) is 24.6 Å². The highest BCUT2D eigenvalue weighted by Gasteiger charge is 2.23. The number of allylic oxidation sites excluding steroid dienone is 2. The molecule has 3 aliphatic heterocycles. The summed E-state index contributed by atoms with van der Waals surface area (Å²) in [5.74, 6) is 1.65. The van der Waals surface area contributed by atoms with E-state index in [-0.39, 0.29) is 0 Å². The molecule has 1 fully saturated rings. The molecule has 27 heavy (non-hydrogen) atoms. The zero-order valence-corrected chi connectivity index (χ0v) is 15.8. The number of aryl methyl sites for hydroxylation is 2. The Morgan fingerprint density at radius 1 is 1.15 bits per heavy atom. The first-order valence-corrected chi connectivity index (χ1v) is 9.67. The van der Waals surface area contributed by atoms with Crippen LogP contribution in [-0.2, 0) is 0 Å². The Morgan fingerprint density at radius 2 is 2.00 bits per heavy atom. The number of rotatable bonds is 2. The summed E-state index contributed by atoms with van der Waals surface area (Å²) in [6, 6.07) is 2.08. The van der Waals surface area contributed by atoms with E-state index in [9.17, 15) is 0 Å². The molecule has 0 amide bonds. The van der Waals surface area contributed by atoms with Gasteiger partial charge in [-0.3, -0.25) is 4.98 Å². The van der Waals surface area contributed by atoms with Gasteiger partial charge < -0.3 is 10.2 Å². The molecule has 5 heterocycles. The van der Waals surface area contributed by atoms with Crippen LogP contribution in [0.2, 0.25) is 0 Å². The minimum Gasteiger partial charge on any atom is -0.329 e. The van der Waals surface area contributed by atoms with Gasteiger partial charge in [0.1, 0.15) is 11.5 Å². The zero-order valence-electron chi connectivity index (χ0n) is 15.8. The predicted molar refractivity (Wildman–Crippen MR) is 107 cm³/mol. The van der Waals surface area contributed by atoms with Gasteiger partial charge >= 0.3 is 0 Å². The predicted octanol–water partition coefficient (Wildman–Crippen LogP) is 2.85. The van der Waals surface area contributed by atoms with Crippen molar-refractivity contribution in [3.8, 4) is 0 Å². The van der Waals surface area contributed by atoms with Crippen molar-refractivity contribution in [1.82, 2.24) is 24.8 Å². The van der Waals surface area contributed by atoms with Gasteiger partial charge in [0.25, 0.3) is 0 Å². The Balaban J connectivity index is 1.42. The Kier molecular flexibility index (Phi) is 3.93. The first kappa shape index (κ1) is 16.4. The number of nitrogens with one attached hydrogen (secondary N) is 1. The van der Waals surface area contributed by atoms with E-state index < -0.39 is 0 Å². The highest BCUT2D eigenvalue weighted by Crippen LogP contribution is 2.28. The lowest BCUT2D eigenvalue weighted by molar-refractivity contribution is 0.419. The van der Waals surface area contributed by atoms with Crippen LogP contribution in [0.5, 0.6) is 0 Å². The molecule has 0 spiro atoms. The van der Waals surface area contributed by atoms with Gasteiger partial charge in [0.2, 0.25) is 0 Å². The van der Waals surface area contributed by atoms with Gasteiger partial charge in [-0.05, 0) is 69.5 Å². The Bertz CT molecular complexity index is 1020. The van der Waals surface area contributed by atoms with Crippen molar-refractivity contribution in [3.63, 3.8) is 0 Å². The van der Waals surface area contributed by atoms with Gasteiger partial charge in [-0.25, -0.2) is 9.51 Å². The minimum atomic E-state index is 0.659. The van der Waals surface area contributed by atoms with Gasteiger partial charge in [0, 0.05) is 12.7 Å². The van der Waals surface area contributed by atoms with Crippen LogP contribution < -0.4 is 5.32 Å². The molecule has 3 aliphatic rings. The largest absolute Gasteiger partial charge is 0.329 e. The molecule has 2 aromatic rings. The van der Waals surface area contributed by atoms with E-state index in [1.165, 1.54) is 18.4 Å². The SMILES string of the molecule is Cc1cn2nc(C3=CCN4C=C(C5CCNCC5)C=CC4=N3)cc2c(C)n1. The van der Waals surface area contributed by atoms with Crippen LogP contribution in [0.25, 0.3) is 11.2 Å². The van der Waals surface area contributed by atoms with Crippen LogP contribution in [0, 0.1) is 19.8 Å². The topological polar surface area (TPSA) is 57.8 Å². The molecule has 0 radical (unpaired) electrons. The van der Waals surface area contributed by atoms with Crippen LogP contribution in [-0.4, -0.2) is 45.0 Å². The average molecular weight is 360 g/mol. The third-order valence-corrected chi connectivity index (χ3v) is 5.57. The molecular formula is C21H24N6. The van der Waals surface area contributed by atoms with Crippen molar-refractivity contribution in [2.75, 3.05) is 19.6 Å². The summed E-state index contributed by atoms with van der Waals surface area (Å²) in [6.45, 7) is 7.07. The van der Waals surface area contributed by atoms with Crippen LogP contribution >= 0.6 is 0 Å². The lowest BCUT2D eigenvalue weighted by atomic mass is 9.89. The summed E-state index contributed by atoms with van der Waals surface area (Å²) in [6.07, 6.45) is 13.2. The molecular weight excluding hydrogens is 336 g/mol. The molecule has 0 aromatic carbocycles. The number of aliphatic imine (C=N–C) groups is 1. The van der Waals surface area contributed by atoms with Gasteiger partial charge in [0.15, 0.2) is 0 Å². The normalized spacial score (nSPS) is 20.4. The molecule has 0 bridgehead atoms. The fraction of sp³-hybridized carbons (Fsp3) is 0.381. The molecule has 1 N–H and O–H groups in total. The number of fused-ring (bicyclic) bond motifs is 2. The average Bonchev–Trinajstić information content (AvgIpc) is 3.12. The first-order valence-electron chi connectivity index (χ1n) is 9.67. The highest BCUT2D eigenvalue weighted by atomic mass is 15.2. The molecule has 5 rings (SSSR count). The molecule has 2 aromatic heterocycles. The maximum absolute atomic E-state index is 4.86. The molecule has 6 nitrogen and oxygen atoms in total. The molecule has 0 saturated carbocycles. The van der Waals surface area contributed by atoms with Crippen LogP contribution in [0.3, 0.4) is 0 Å². The summed E-state index contributed by atoms with van der Waals surface area (Å²) in [7, 11) is 0. The van der Waals surface area contributed by atoms with Gasteiger partial charge in [-0.1, -0.05) is 6.08 Å². The summed E-state index contributed by atoms with van der Waals surface area (Å²) in [4.78, 5) is 11.6. The molecule has 138 valence electrons. The molecule has 1 saturated heterocycles. The number of hydrogen-bond acceptors (Lipinski definition) is 5. The van der Waals surface area contributed by atoms with Crippen molar-refractivity contribution < 1.29 is 0 Å². The number of hydrogen-bond donors (Lipinski definition) is 1. The van der Waals surface area contributed by atoms with Crippen LogP contribution in [0.4, 0.5) is 0 Å². The van der Waals surface area contributed by atoms with E-state index in [0.29, 0.717) is 5.92 Å². The van der Waals surface area contributed by atoms with Gasteiger partial charge in [0.05, 0.1) is 28.8 Å². The molecule has 0 unspecified atom stereocenters. The van der Waals surface area contributed by atoms with E-state index in [4.69, 9.17) is 10.1 Å². The first-order chi connectivity index (χ1) is 13.2. The standard InChI is InChI=1S/C21H24N6/c1-14-12-27-20(15(2)23-14)11-19(25-27)18-7-10-26-13-17(3-4-21(26)24-18)16-5-8-22-9-6-16/h3-4,7,11-13,16,22H,5-6,8-10H2,1-2H3. The Morgan fingerprint density at radius 3 is 2.85 bits per heavy atom. The lowest BCUT2D eigenvalue weighted by Gasteiger charge is -2.31. The molecule has 6 heteroatoms. The fourth-order valence-electron chi connectivity index (χ4n) is 4.13. The zero-order chi connectivity index (χ0) is 18.4. The van der Waals surface area contributed by atoms with Crippen molar-refractivity contribution >= 4 is 17.0 Å². The van der Waals surface area contributed by atoms with E-state index in [2.05, 4.69) is 45.7 Å². The number of piperidine rings is 1. The second kappa shape index (κ2) is 6.46. The Labute approximate surface area is 159 Å². The number of nitrogens with zero attached hydrogens (tertiary/aromatic N) is 5. The summed E-state index contributed by atoms with van der Waals surface area (Å²) < 4.78 is 1.91. The van der Waals surface area contributed by atoms with Crippen molar-refractivity contribution in [3.05, 3.63) is 59.3 Å². The van der Waals surface area contributed by atoms with Crippen LogP contribution in [0.1, 0.15) is 29.9 Å². The van der Waals surface area contributed by atoms with Gasteiger partial charge in [-0.15, -0.1) is 0 Å². The Hall–Kier alpha value is -2.73. The monoisotopic (exact) mass is 360 g/mol. The molecule has 0 aliphatic carbocycles. The summed E-state index contributed by atoms with van der Waals surface area (Å²) in [5.41, 5.74) is 6.26. The lowest BCUT2D eigenvalue weighted by Crippen LogP contribution is -2.33. The van der Waals surface area contributed by atoms with Crippen molar-refractivity contribution in [2.24, 2.45) is 10.9 Å². The van der Waals surface area contributed by atoms with Gasteiger partial charge in [-0.2, -0.15) is 5.10 Å². The fourth-order valence-corrected chi connectivity index (χ4v) is 4.13. The smallest absolute Gasteiger partial charge is 0.133 e.